The quantitative estimate of drug-likeness (QED) is 0.220. The SMILES string of the molecule is N#CC1=CC(=C2Sc3c(O)c4c(c(O)c3S2)SC(=C2C=C(C#N)C(=O)NC2=O)S4)C(=O)NC1=O. The molecule has 4 aliphatic heterocycles. The summed E-state index contributed by atoms with van der Waals surface area (Å²) < 4.78 is 0.727. The molecule has 5 rings (SSSR count). The van der Waals surface area contributed by atoms with Crippen LogP contribution < -0.4 is 10.6 Å². The highest BCUT2D eigenvalue weighted by Gasteiger charge is 2.39. The molecule has 0 aromatic heterocycles. The van der Waals surface area contributed by atoms with E-state index in [1.165, 1.54) is 0 Å². The summed E-state index contributed by atoms with van der Waals surface area (Å²) in [5.41, 5.74) is -0.373. The average molecular weight is 527 g/mol. The molecular weight excluding hydrogens is 521 g/mol. The van der Waals surface area contributed by atoms with Gasteiger partial charge in [-0.15, -0.1) is 0 Å². The number of carbonyl (C=O) groups is 4. The van der Waals surface area contributed by atoms with Crippen molar-refractivity contribution in [1.82, 2.24) is 10.6 Å². The average Bonchev–Trinajstić information content (AvgIpc) is 3.44. The fourth-order valence-electron chi connectivity index (χ4n) is 3.14. The number of benzene rings is 1. The summed E-state index contributed by atoms with van der Waals surface area (Å²) in [5.74, 6) is -3.38. The van der Waals surface area contributed by atoms with Gasteiger partial charge in [0.15, 0.2) is 0 Å². The van der Waals surface area contributed by atoms with Gasteiger partial charge in [0.25, 0.3) is 23.6 Å². The molecule has 10 nitrogen and oxygen atoms in total. The molecule has 0 bridgehead atoms. The third kappa shape index (κ3) is 3.31. The maximum absolute atomic E-state index is 12.3. The summed E-state index contributed by atoms with van der Waals surface area (Å²) in [5, 5.41) is 44.2. The second-order valence-electron chi connectivity index (χ2n) is 6.73. The first-order chi connectivity index (χ1) is 16.2. The van der Waals surface area contributed by atoms with E-state index in [0.717, 1.165) is 59.2 Å². The molecule has 14 heteroatoms. The van der Waals surface area contributed by atoms with Gasteiger partial charge in [-0.3, -0.25) is 29.8 Å². The van der Waals surface area contributed by atoms with E-state index in [1.807, 2.05) is 0 Å². The van der Waals surface area contributed by atoms with Crippen molar-refractivity contribution in [3.05, 3.63) is 42.9 Å². The lowest BCUT2D eigenvalue weighted by atomic mass is 10.1. The van der Waals surface area contributed by atoms with Crippen molar-refractivity contribution in [3.63, 3.8) is 0 Å². The number of nitrogens with one attached hydrogen (secondary N) is 2. The molecule has 4 N–H and O–H groups in total. The summed E-state index contributed by atoms with van der Waals surface area (Å²) in [6, 6.07) is 3.43. The van der Waals surface area contributed by atoms with Gasteiger partial charge in [-0.1, -0.05) is 47.0 Å². The van der Waals surface area contributed by atoms with Crippen molar-refractivity contribution in [2.75, 3.05) is 0 Å². The number of aromatic hydroxyl groups is 2. The molecule has 1 aromatic carbocycles. The Bertz CT molecular complexity index is 1370. The second-order valence-corrected chi connectivity index (χ2v) is 11.3. The van der Waals surface area contributed by atoms with Crippen LogP contribution in [-0.4, -0.2) is 33.8 Å². The number of nitriles is 2. The fraction of sp³-hybridized carbons (Fsp3) is 0. The van der Waals surface area contributed by atoms with Crippen LogP contribution >= 0.6 is 47.0 Å². The van der Waals surface area contributed by atoms with Crippen molar-refractivity contribution in [3.8, 4) is 23.6 Å². The van der Waals surface area contributed by atoms with E-state index in [4.69, 9.17) is 10.5 Å². The Morgan fingerprint density at radius 1 is 0.618 bits per heavy atom. The number of fused-ring (bicyclic) bond motifs is 2. The van der Waals surface area contributed by atoms with Gasteiger partial charge in [0, 0.05) is 0 Å². The van der Waals surface area contributed by atoms with E-state index < -0.39 is 23.6 Å². The predicted molar refractivity (Wildman–Crippen MR) is 121 cm³/mol. The van der Waals surface area contributed by atoms with Crippen molar-refractivity contribution < 1.29 is 29.4 Å². The van der Waals surface area contributed by atoms with Crippen LogP contribution in [0.25, 0.3) is 0 Å². The number of thioether (sulfide) groups is 4. The monoisotopic (exact) mass is 526 g/mol. The fourth-order valence-corrected chi connectivity index (χ4v) is 8.45. The predicted octanol–water partition coefficient (Wildman–Crippen LogP) is 2.13. The van der Waals surface area contributed by atoms with E-state index >= 15 is 0 Å². The molecule has 0 fully saturated rings. The van der Waals surface area contributed by atoms with E-state index in [2.05, 4.69) is 10.6 Å². The number of phenolic OH excluding ortho intramolecular Hbond substituents is 2. The molecule has 0 saturated heterocycles. The van der Waals surface area contributed by atoms with Crippen LogP contribution in [0.4, 0.5) is 0 Å². The molecule has 166 valence electrons. The van der Waals surface area contributed by atoms with Gasteiger partial charge in [0.1, 0.15) is 34.8 Å². The zero-order chi connectivity index (χ0) is 24.3. The zero-order valence-corrected chi connectivity index (χ0v) is 19.5. The smallest absolute Gasteiger partial charge is 0.268 e. The second kappa shape index (κ2) is 8.03. The van der Waals surface area contributed by atoms with Gasteiger partial charge in [-0.05, 0) is 12.2 Å². The third-order valence-corrected chi connectivity index (χ3v) is 10.0. The largest absolute Gasteiger partial charge is 0.505 e. The van der Waals surface area contributed by atoms with E-state index in [1.54, 1.807) is 12.1 Å². The molecule has 4 amide bonds. The molecule has 0 atom stereocenters. The first-order valence-corrected chi connectivity index (χ1v) is 12.3. The minimum absolute atomic E-state index is 0.0575. The molecule has 4 heterocycles. The summed E-state index contributed by atoms with van der Waals surface area (Å²) in [6.45, 7) is 0. The first-order valence-electron chi connectivity index (χ1n) is 9.00. The van der Waals surface area contributed by atoms with Crippen molar-refractivity contribution in [1.29, 1.82) is 10.5 Å². The molecule has 0 spiro atoms. The maximum atomic E-state index is 12.3. The summed E-state index contributed by atoms with van der Waals surface area (Å²) >= 11 is 3.99. The van der Waals surface area contributed by atoms with Gasteiger partial charge < -0.3 is 10.2 Å². The molecule has 0 saturated carbocycles. The van der Waals surface area contributed by atoms with Crippen molar-refractivity contribution >= 4 is 70.7 Å². The molecule has 1 aromatic rings. The Morgan fingerprint density at radius 3 is 1.24 bits per heavy atom. The topological polar surface area (TPSA) is 180 Å². The highest BCUT2D eigenvalue weighted by molar-refractivity contribution is 8.26. The van der Waals surface area contributed by atoms with Gasteiger partial charge in [-0.25, -0.2) is 0 Å². The van der Waals surface area contributed by atoms with E-state index in [9.17, 15) is 29.4 Å². The number of phenols is 2. The number of rotatable bonds is 0. The number of hydrogen-bond acceptors (Lipinski definition) is 12. The minimum atomic E-state index is -0.803. The van der Waals surface area contributed by atoms with Crippen LogP contribution in [0.15, 0.2) is 62.5 Å². The highest BCUT2D eigenvalue weighted by Crippen LogP contribution is 2.68. The lowest BCUT2D eigenvalue weighted by molar-refractivity contribution is -0.128. The Kier molecular flexibility index (Phi) is 5.26. The van der Waals surface area contributed by atoms with Crippen LogP contribution in [0.3, 0.4) is 0 Å². The Morgan fingerprint density at radius 2 is 0.941 bits per heavy atom. The first kappa shape index (κ1) is 22.2. The van der Waals surface area contributed by atoms with Gasteiger partial charge in [-0.2, -0.15) is 10.5 Å². The number of amides is 4. The van der Waals surface area contributed by atoms with E-state index in [-0.39, 0.29) is 53.4 Å². The van der Waals surface area contributed by atoms with Crippen LogP contribution in [-0.2, 0) is 19.2 Å². The number of carbonyl (C=O) groups excluding carboxylic acids is 4. The zero-order valence-electron chi connectivity index (χ0n) is 16.2. The van der Waals surface area contributed by atoms with Gasteiger partial charge >= 0.3 is 0 Å². The minimum Gasteiger partial charge on any atom is -0.505 e. The molecule has 0 radical (unpaired) electrons. The number of hydrogen-bond donors (Lipinski definition) is 4. The Hall–Kier alpha value is -3.56. The third-order valence-electron chi connectivity index (χ3n) is 4.74. The molecule has 4 aliphatic rings. The Labute approximate surface area is 206 Å². The van der Waals surface area contributed by atoms with Crippen molar-refractivity contribution in [2.45, 2.75) is 19.6 Å². The summed E-state index contributed by atoms with van der Waals surface area (Å²) in [7, 11) is 0. The van der Waals surface area contributed by atoms with Crippen LogP contribution in [0, 0.1) is 22.7 Å². The van der Waals surface area contributed by atoms with Gasteiger partial charge in [0.05, 0.1) is 39.2 Å². The molecular formula is C20H6N4O6S4. The van der Waals surface area contributed by atoms with Crippen LogP contribution in [0.2, 0.25) is 0 Å². The van der Waals surface area contributed by atoms with Crippen molar-refractivity contribution in [2.24, 2.45) is 0 Å². The normalized spacial score (nSPS) is 19.1. The van der Waals surface area contributed by atoms with Crippen LogP contribution in [0.5, 0.6) is 11.5 Å². The lowest BCUT2D eigenvalue weighted by Gasteiger charge is -2.12. The molecule has 34 heavy (non-hydrogen) atoms. The number of imide groups is 2. The van der Waals surface area contributed by atoms with E-state index in [0.29, 0.717) is 8.47 Å². The molecule has 0 unspecified atom stereocenters. The number of nitrogens with zero attached hydrogens (tertiary/aromatic N) is 2. The molecule has 0 aliphatic carbocycles. The maximum Gasteiger partial charge on any atom is 0.268 e. The van der Waals surface area contributed by atoms with Crippen LogP contribution in [0.1, 0.15) is 0 Å². The standard InChI is InChI=1S/C20H6N4O6S4/c21-3-5-1-7(17(29)23-15(5)27)19-31-11-9(25)13-14(10(26)12(11)32-19)34-20(33-13)8-2-6(4-22)16(28)24-18(8)30/h1-2,25-26H,(H,23,27,29)(H,24,28,30). The summed E-state index contributed by atoms with van der Waals surface area (Å²) in [4.78, 5) is 49.1. The lowest BCUT2D eigenvalue weighted by Crippen LogP contribution is -2.36. The highest BCUT2D eigenvalue weighted by atomic mass is 32.2. The Balaban J connectivity index is 1.57. The van der Waals surface area contributed by atoms with Gasteiger partial charge in [0.2, 0.25) is 0 Å². The summed E-state index contributed by atoms with van der Waals surface area (Å²) in [6.07, 6.45) is 2.33.